The molecule has 1 aromatic carbocycles. The van der Waals surface area contributed by atoms with Gasteiger partial charge in [-0.05, 0) is 36.6 Å². The molecule has 7 nitrogen and oxygen atoms in total. The maximum atomic E-state index is 12.2. The van der Waals surface area contributed by atoms with Crippen LogP contribution in [0.15, 0.2) is 23.1 Å². The molecule has 0 aliphatic carbocycles. The maximum Gasteiger partial charge on any atom is 0.251 e. The highest BCUT2D eigenvalue weighted by Gasteiger charge is 2.24. The molecule has 1 aromatic rings. The summed E-state index contributed by atoms with van der Waals surface area (Å²) in [7, 11) is -2.05. The average Bonchev–Trinajstić information content (AvgIpc) is 2.53. The van der Waals surface area contributed by atoms with Crippen LogP contribution in [0.4, 0.5) is 0 Å². The summed E-state index contributed by atoms with van der Waals surface area (Å²) in [5, 5.41) is 9.39. The number of benzene rings is 1. The highest BCUT2D eigenvalue weighted by Crippen LogP contribution is 2.23. The third-order valence-electron chi connectivity index (χ3n) is 3.77. The van der Waals surface area contributed by atoms with E-state index in [1.165, 1.54) is 20.1 Å². The zero-order chi connectivity index (χ0) is 17.0. The van der Waals surface area contributed by atoms with Gasteiger partial charge in [-0.1, -0.05) is 6.07 Å². The smallest absolute Gasteiger partial charge is 0.251 e. The van der Waals surface area contributed by atoms with Crippen LogP contribution >= 0.6 is 0 Å². The molecule has 1 heterocycles. The van der Waals surface area contributed by atoms with Crippen LogP contribution in [0, 0.1) is 0 Å². The van der Waals surface area contributed by atoms with Gasteiger partial charge in [0.1, 0.15) is 6.10 Å². The minimum absolute atomic E-state index is 0.211. The fraction of sp³-hybridized carbons (Fsp3) is 0.533. The number of ether oxygens (including phenoxy) is 1. The number of nitrogens with one attached hydrogen (secondary N) is 1. The van der Waals surface area contributed by atoms with Crippen molar-refractivity contribution < 1.29 is 23.1 Å². The Bertz CT molecular complexity index is 672. The molecule has 0 aromatic heterocycles. The lowest BCUT2D eigenvalue weighted by atomic mass is 9.99. The van der Waals surface area contributed by atoms with Crippen LogP contribution in [0.25, 0.3) is 0 Å². The van der Waals surface area contributed by atoms with Crippen LogP contribution in [-0.4, -0.2) is 57.2 Å². The fourth-order valence-electron chi connectivity index (χ4n) is 2.51. The average molecular weight is 342 g/mol. The minimum atomic E-state index is -3.56. The number of aliphatic hydroxyl groups is 1. The van der Waals surface area contributed by atoms with Gasteiger partial charge >= 0.3 is 0 Å². The Morgan fingerprint density at radius 3 is 2.83 bits per heavy atom. The van der Waals surface area contributed by atoms with E-state index in [1.54, 1.807) is 17.0 Å². The highest BCUT2D eigenvalue weighted by molar-refractivity contribution is 7.89. The Labute approximate surface area is 136 Å². The predicted molar refractivity (Wildman–Crippen MR) is 84.3 cm³/mol. The van der Waals surface area contributed by atoms with Crippen molar-refractivity contribution in [1.29, 1.82) is 0 Å². The molecule has 0 fully saturated rings. The van der Waals surface area contributed by atoms with Gasteiger partial charge < -0.3 is 14.7 Å². The fourth-order valence-corrected chi connectivity index (χ4v) is 3.57. The Hall–Kier alpha value is -1.48. The van der Waals surface area contributed by atoms with Gasteiger partial charge in [-0.3, -0.25) is 4.79 Å². The summed E-state index contributed by atoms with van der Waals surface area (Å²) < 4.78 is 31.7. The van der Waals surface area contributed by atoms with E-state index in [4.69, 9.17) is 4.74 Å². The van der Waals surface area contributed by atoms with Gasteiger partial charge in [0.05, 0.1) is 11.5 Å². The van der Waals surface area contributed by atoms with Gasteiger partial charge in [-0.25, -0.2) is 13.1 Å². The Balaban J connectivity index is 2.14. The number of fused-ring (bicyclic) bond motifs is 1. The number of nitrogens with zero attached hydrogens (tertiary/aromatic N) is 1. The largest absolute Gasteiger partial charge is 0.384 e. The summed E-state index contributed by atoms with van der Waals surface area (Å²) >= 11 is 0. The molecule has 128 valence electrons. The van der Waals surface area contributed by atoms with E-state index in [-0.39, 0.29) is 17.3 Å². The molecule has 8 heteroatoms. The lowest BCUT2D eigenvalue weighted by Gasteiger charge is -2.30. The lowest BCUT2D eigenvalue weighted by molar-refractivity contribution is -0.140. The number of hydrogen-bond acceptors (Lipinski definition) is 5. The topological polar surface area (TPSA) is 95.9 Å². The molecule has 0 unspecified atom stereocenters. The second kappa shape index (κ2) is 7.39. The molecule has 0 bridgehead atoms. The quantitative estimate of drug-likeness (QED) is 0.703. The monoisotopic (exact) mass is 342 g/mol. The lowest BCUT2D eigenvalue weighted by Crippen LogP contribution is -2.41. The number of methoxy groups -OCH3 is 1. The maximum absolute atomic E-state index is 12.2. The molecular weight excluding hydrogens is 320 g/mol. The number of carbonyl (C=O) groups is 1. The van der Waals surface area contributed by atoms with Crippen molar-refractivity contribution in [3.63, 3.8) is 0 Å². The third-order valence-corrected chi connectivity index (χ3v) is 5.23. The molecule has 0 saturated heterocycles. The molecule has 2 rings (SSSR count). The molecule has 1 atom stereocenters. The van der Waals surface area contributed by atoms with Crippen molar-refractivity contribution in [3.05, 3.63) is 29.3 Å². The van der Waals surface area contributed by atoms with Crippen molar-refractivity contribution in [3.8, 4) is 0 Å². The van der Waals surface area contributed by atoms with E-state index in [0.29, 0.717) is 26.1 Å². The molecule has 2 N–H and O–H groups in total. The molecule has 1 aliphatic rings. The number of carbonyl (C=O) groups excluding carboxylic acids is 1. The highest BCUT2D eigenvalue weighted by atomic mass is 32.2. The van der Waals surface area contributed by atoms with E-state index in [2.05, 4.69) is 4.72 Å². The van der Waals surface area contributed by atoms with Crippen molar-refractivity contribution in [2.24, 2.45) is 0 Å². The normalized spacial score (nSPS) is 16.0. The predicted octanol–water partition coefficient (Wildman–Crippen LogP) is -0.123. The summed E-state index contributed by atoms with van der Waals surface area (Å²) in [5.74, 6) is -0.311. The molecule has 0 saturated carbocycles. The third kappa shape index (κ3) is 4.29. The van der Waals surface area contributed by atoms with Crippen LogP contribution in [0.2, 0.25) is 0 Å². The van der Waals surface area contributed by atoms with Gasteiger partial charge in [-0.15, -0.1) is 0 Å². The van der Waals surface area contributed by atoms with Crippen LogP contribution < -0.4 is 4.72 Å². The second-order valence-electron chi connectivity index (χ2n) is 5.51. The van der Waals surface area contributed by atoms with Crippen molar-refractivity contribution >= 4 is 15.9 Å². The summed E-state index contributed by atoms with van der Waals surface area (Å²) in [4.78, 5) is 13.6. The minimum Gasteiger partial charge on any atom is -0.384 e. The first kappa shape index (κ1) is 17.9. The van der Waals surface area contributed by atoms with Crippen LogP contribution in [0.5, 0.6) is 0 Å². The standard InChI is InChI=1S/C15H22N2O5S/c1-11(18)15(19)17-7-5-12-9-14(4-3-13(12)10-17)23(20,21)16-6-8-22-2/h3-4,9,11,16,18H,5-8,10H2,1-2H3/t11-/m0/s1. The number of rotatable bonds is 6. The summed E-state index contributed by atoms with van der Waals surface area (Å²) in [5.41, 5.74) is 1.82. The van der Waals surface area contributed by atoms with E-state index in [1.807, 2.05) is 0 Å². The van der Waals surface area contributed by atoms with Crippen molar-refractivity contribution in [2.45, 2.75) is 30.9 Å². The van der Waals surface area contributed by atoms with Crippen LogP contribution in [0.3, 0.4) is 0 Å². The Morgan fingerprint density at radius 2 is 2.17 bits per heavy atom. The van der Waals surface area contributed by atoms with Gasteiger partial charge in [0.25, 0.3) is 5.91 Å². The van der Waals surface area contributed by atoms with E-state index >= 15 is 0 Å². The summed E-state index contributed by atoms with van der Waals surface area (Å²) in [6.07, 6.45) is -0.462. The summed E-state index contributed by atoms with van der Waals surface area (Å²) in [6.45, 7) is 2.82. The van der Waals surface area contributed by atoms with E-state index in [9.17, 15) is 18.3 Å². The molecule has 0 radical (unpaired) electrons. The van der Waals surface area contributed by atoms with Gasteiger partial charge in [0, 0.05) is 26.7 Å². The van der Waals surface area contributed by atoms with Crippen LogP contribution in [-0.2, 0) is 32.5 Å². The van der Waals surface area contributed by atoms with Crippen molar-refractivity contribution in [1.82, 2.24) is 9.62 Å². The first-order valence-corrected chi connectivity index (χ1v) is 8.90. The zero-order valence-electron chi connectivity index (χ0n) is 13.3. The van der Waals surface area contributed by atoms with Gasteiger partial charge in [0.2, 0.25) is 10.0 Å². The number of amides is 1. The zero-order valence-corrected chi connectivity index (χ0v) is 14.1. The first-order chi connectivity index (χ1) is 10.8. The SMILES string of the molecule is COCCNS(=O)(=O)c1ccc2c(c1)CCN(C(=O)[C@H](C)O)C2. The van der Waals surface area contributed by atoms with Crippen molar-refractivity contribution in [2.75, 3.05) is 26.8 Å². The second-order valence-corrected chi connectivity index (χ2v) is 7.27. The van der Waals surface area contributed by atoms with E-state index in [0.717, 1.165) is 11.1 Å². The van der Waals surface area contributed by atoms with Gasteiger partial charge in [0.15, 0.2) is 0 Å². The van der Waals surface area contributed by atoms with Crippen LogP contribution in [0.1, 0.15) is 18.1 Å². The molecular formula is C15H22N2O5S. The molecule has 23 heavy (non-hydrogen) atoms. The first-order valence-electron chi connectivity index (χ1n) is 7.42. The summed E-state index contributed by atoms with van der Waals surface area (Å²) in [6, 6.07) is 4.90. The number of hydrogen-bond donors (Lipinski definition) is 2. The van der Waals surface area contributed by atoms with Gasteiger partial charge in [-0.2, -0.15) is 0 Å². The van der Waals surface area contributed by atoms with E-state index < -0.39 is 16.1 Å². The molecule has 1 amide bonds. The molecule has 0 spiro atoms. The number of aliphatic hydroxyl groups excluding tert-OH is 1. The Kier molecular flexibility index (Phi) is 5.74. The Morgan fingerprint density at radius 1 is 1.43 bits per heavy atom. The molecule has 1 aliphatic heterocycles. The number of sulfonamides is 1.